The van der Waals surface area contributed by atoms with Gasteiger partial charge >= 0.3 is 0 Å². The van der Waals surface area contributed by atoms with E-state index in [0.717, 1.165) is 55.7 Å². The van der Waals surface area contributed by atoms with Crippen molar-refractivity contribution >= 4 is 17.5 Å². The van der Waals surface area contributed by atoms with Gasteiger partial charge in [-0.15, -0.1) is 0 Å². The first-order chi connectivity index (χ1) is 10.3. The fraction of sp³-hybridized carbons (Fsp3) is 0.375. The van der Waals surface area contributed by atoms with Gasteiger partial charge in [0.15, 0.2) is 0 Å². The maximum absolute atomic E-state index is 6.09. The highest BCUT2D eigenvalue weighted by atomic mass is 35.5. The van der Waals surface area contributed by atoms with Crippen LogP contribution in [0.3, 0.4) is 0 Å². The van der Waals surface area contributed by atoms with Gasteiger partial charge < -0.3 is 10.2 Å². The number of hydrogen-bond donors (Lipinski definition) is 1. The third-order valence-electron chi connectivity index (χ3n) is 4.18. The highest BCUT2D eigenvalue weighted by Gasteiger charge is 2.22. The number of halogens is 1. The van der Waals surface area contributed by atoms with Gasteiger partial charge in [-0.05, 0) is 30.7 Å². The molecule has 1 fully saturated rings. The lowest BCUT2D eigenvalue weighted by Gasteiger charge is -2.20. The molecule has 4 nitrogen and oxygen atoms in total. The standard InChI is InChI=1S/C16H17ClN4/c17-13-2-3-14-11(9-13)8-12-10-19-16(20-15(12)14)21-6-1-4-18-5-7-21/h2-3,9-10,18H,1,4-8H2. The third-order valence-corrected chi connectivity index (χ3v) is 4.41. The molecule has 0 spiro atoms. The van der Waals surface area contributed by atoms with Gasteiger partial charge in [-0.3, -0.25) is 0 Å². The van der Waals surface area contributed by atoms with Gasteiger partial charge in [0.25, 0.3) is 0 Å². The molecule has 0 atom stereocenters. The Morgan fingerprint density at radius 2 is 2.10 bits per heavy atom. The van der Waals surface area contributed by atoms with Crippen molar-refractivity contribution in [2.24, 2.45) is 0 Å². The van der Waals surface area contributed by atoms with Gasteiger partial charge in [-0.2, -0.15) is 0 Å². The van der Waals surface area contributed by atoms with Crippen molar-refractivity contribution in [3.8, 4) is 11.3 Å². The van der Waals surface area contributed by atoms with Gasteiger partial charge in [0.1, 0.15) is 0 Å². The second kappa shape index (κ2) is 5.28. The SMILES string of the molecule is Clc1ccc2c(c1)Cc1cnc(N3CCCNCC3)nc1-2. The van der Waals surface area contributed by atoms with E-state index in [9.17, 15) is 0 Å². The molecule has 1 aromatic heterocycles. The molecule has 5 heteroatoms. The lowest BCUT2D eigenvalue weighted by molar-refractivity contribution is 0.724. The van der Waals surface area contributed by atoms with E-state index in [1.54, 1.807) is 0 Å². The number of fused-ring (bicyclic) bond motifs is 3. The van der Waals surface area contributed by atoms with E-state index in [4.69, 9.17) is 16.6 Å². The zero-order chi connectivity index (χ0) is 14.2. The molecule has 2 heterocycles. The predicted molar refractivity (Wildman–Crippen MR) is 85.0 cm³/mol. The van der Waals surface area contributed by atoms with Crippen molar-refractivity contribution in [1.29, 1.82) is 0 Å². The predicted octanol–water partition coefficient (Wildman–Crippen LogP) is 2.50. The van der Waals surface area contributed by atoms with Crippen LogP contribution in [0.25, 0.3) is 11.3 Å². The first kappa shape index (κ1) is 13.0. The van der Waals surface area contributed by atoms with Crippen LogP contribution in [0.15, 0.2) is 24.4 Å². The molecule has 4 rings (SSSR count). The van der Waals surface area contributed by atoms with Crippen LogP contribution >= 0.6 is 11.6 Å². The average Bonchev–Trinajstić information content (AvgIpc) is 2.67. The topological polar surface area (TPSA) is 41.1 Å². The maximum atomic E-state index is 6.09. The molecule has 1 aliphatic heterocycles. The first-order valence-corrected chi connectivity index (χ1v) is 7.79. The minimum absolute atomic E-state index is 0.785. The largest absolute Gasteiger partial charge is 0.339 e. The molecule has 21 heavy (non-hydrogen) atoms. The summed E-state index contributed by atoms with van der Waals surface area (Å²) in [5.41, 5.74) is 4.72. The van der Waals surface area contributed by atoms with E-state index in [1.165, 1.54) is 16.7 Å². The average molecular weight is 301 g/mol. The molecule has 1 aromatic carbocycles. The fourth-order valence-electron chi connectivity index (χ4n) is 3.10. The van der Waals surface area contributed by atoms with Crippen molar-refractivity contribution in [2.75, 3.05) is 31.1 Å². The van der Waals surface area contributed by atoms with Gasteiger partial charge in [-0.25, -0.2) is 9.97 Å². The second-order valence-corrected chi connectivity index (χ2v) is 6.05. The Hall–Kier alpha value is -1.65. The number of hydrogen-bond acceptors (Lipinski definition) is 4. The Morgan fingerprint density at radius 3 is 3.05 bits per heavy atom. The number of anilines is 1. The molecule has 0 saturated carbocycles. The van der Waals surface area contributed by atoms with Crippen molar-refractivity contribution in [3.63, 3.8) is 0 Å². The third kappa shape index (κ3) is 2.39. The zero-order valence-corrected chi connectivity index (χ0v) is 12.5. The van der Waals surface area contributed by atoms with E-state index in [1.807, 2.05) is 18.3 Å². The van der Waals surface area contributed by atoms with Crippen molar-refractivity contribution in [1.82, 2.24) is 15.3 Å². The summed E-state index contributed by atoms with van der Waals surface area (Å²) in [6.45, 7) is 4.04. The van der Waals surface area contributed by atoms with E-state index in [2.05, 4.69) is 21.3 Å². The Labute approximate surface area is 129 Å². The highest BCUT2D eigenvalue weighted by Crippen LogP contribution is 2.36. The van der Waals surface area contributed by atoms with Gasteiger partial charge in [-0.1, -0.05) is 17.7 Å². The fourth-order valence-corrected chi connectivity index (χ4v) is 3.30. The molecular weight excluding hydrogens is 284 g/mol. The van der Waals surface area contributed by atoms with Crippen LogP contribution in [0, 0.1) is 0 Å². The Morgan fingerprint density at radius 1 is 1.14 bits per heavy atom. The summed E-state index contributed by atoms with van der Waals surface area (Å²) >= 11 is 6.09. The smallest absolute Gasteiger partial charge is 0.225 e. The summed E-state index contributed by atoms with van der Waals surface area (Å²) in [5, 5.41) is 4.19. The van der Waals surface area contributed by atoms with Crippen LogP contribution in [0.2, 0.25) is 5.02 Å². The van der Waals surface area contributed by atoms with Crippen LogP contribution in [-0.4, -0.2) is 36.1 Å². The number of rotatable bonds is 1. The van der Waals surface area contributed by atoms with Crippen molar-refractivity contribution in [2.45, 2.75) is 12.8 Å². The monoisotopic (exact) mass is 300 g/mol. The molecule has 1 N–H and O–H groups in total. The van der Waals surface area contributed by atoms with Gasteiger partial charge in [0, 0.05) is 48.4 Å². The number of benzene rings is 1. The van der Waals surface area contributed by atoms with Crippen LogP contribution in [0.5, 0.6) is 0 Å². The van der Waals surface area contributed by atoms with Crippen LogP contribution in [-0.2, 0) is 6.42 Å². The van der Waals surface area contributed by atoms with Crippen molar-refractivity contribution < 1.29 is 0 Å². The first-order valence-electron chi connectivity index (χ1n) is 7.41. The molecule has 2 aromatic rings. The Balaban J connectivity index is 1.71. The van der Waals surface area contributed by atoms with Gasteiger partial charge in [0.05, 0.1) is 5.69 Å². The number of nitrogens with one attached hydrogen (secondary N) is 1. The van der Waals surface area contributed by atoms with E-state index in [0.29, 0.717) is 0 Å². The molecule has 0 radical (unpaired) electrons. The van der Waals surface area contributed by atoms with E-state index >= 15 is 0 Å². The van der Waals surface area contributed by atoms with E-state index in [-0.39, 0.29) is 0 Å². The Kier molecular flexibility index (Phi) is 3.28. The van der Waals surface area contributed by atoms with Crippen LogP contribution in [0.4, 0.5) is 5.95 Å². The molecular formula is C16H17ClN4. The molecule has 0 bridgehead atoms. The lowest BCUT2D eigenvalue weighted by Crippen LogP contribution is -2.29. The minimum Gasteiger partial charge on any atom is -0.339 e. The molecule has 1 aliphatic carbocycles. The minimum atomic E-state index is 0.785. The van der Waals surface area contributed by atoms with E-state index < -0.39 is 0 Å². The van der Waals surface area contributed by atoms with Gasteiger partial charge in [0.2, 0.25) is 5.95 Å². The molecule has 0 unspecified atom stereocenters. The Bertz CT molecular complexity index is 678. The molecule has 0 amide bonds. The summed E-state index contributed by atoms with van der Waals surface area (Å²) < 4.78 is 0. The summed E-state index contributed by atoms with van der Waals surface area (Å²) in [4.78, 5) is 11.7. The molecule has 1 saturated heterocycles. The summed E-state index contributed by atoms with van der Waals surface area (Å²) in [5.74, 6) is 0.847. The van der Waals surface area contributed by atoms with Crippen LogP contribution < -0.4 is 10.2 Å². The molecule has 2 aliphatic rings. The zero-order valence-electron chi connectivity index (χ0n) is 11.8. The summed E-state index contributed by atoms with van der Waals surface area (Å²) in [6, 6.07) is 6.05. The number of nitrogens with zero attached hydrogens (tertiary/aromatic N) is 3. The number of aromatic nitrogens is 2. The maximum Gasteiger partial charge on any atom is 0.225 e. The van der Waals surface area contributed by atoms with Crippen LogP contribution in [0.1, 0.15) is 17.5 Å². The molecule has 108 valence electrons. The second-order valence-electron chi connectivity index (χ2n) is 5.61. The lowest BCUT2D eigenvalue weighted by atomic mass is 10.1. The summed E-state index contributed by atoms with van der Waals surface area (Å²) in [7, 11) is 0. The highest BCUT2D eigenvalue weighted by molar-refractivity contribution is 6.30. The quantitative estimate of drug-likeness (QED) is 0.750. The normalized spacial score (nSPS) is 17.3. The summed E-state index contributed by atoms with van der Waals surface area (Å²) in [6.07, 6.45) is 3.99. The van der Waals surface area contributed by atoms with Crippen molar-refractivity contribution in [3.05, 3.63) is 40.5 Å².